The molecule has 2 fully saturated rings. The fourth-order valence-electron chi connectivity index (χ4n) is 2.34. The van der Waals surface area contributed by atoms with Crippen LogP contribution in [0.15, 0.2) is 0 Å². The fraction of sp³-hybridized carbons (Fsp3) is 0.882. The highest BCUT2D eigenvalue weighted by Crippen LogP contribution is 2.40. The first-order valence-corrected chi connectivity index (χ1v) is 8.17. The van der Waals surface area contributed by atoms with Gasteiger partial charge in [-0.25, -0.2) is 4.79 Å². The van der Waals surface area contributed by atoms with Crippen molar-refractivity contribution in [2.75, 3.05) is 20.3 Å². The van der Waals surface area contributed by atoms with Crippen molar-refractivity contribution in [1.82, 2.24) is 0 Å². The molecule has 0 spiro atoms. The number of primary amides is 1. The molecule has 23 heavy (non-hydrogen) atoms. The van der Waals surface area contributed by atoms with Crippen LogP contribution in [0.2, 0.25) is 0 Å². The minimum atomic E-state index is -0.745. The Balaban J connectivity index is 0. The van der Waals surface area contributed by atoms with Gasteiger partial charge in [-0.2, -0.15) is 0 Å². The number of amides is 1. The van der Waals surface area contributed by atoms with Crippen molar-refractivity contribution in [2.45, 2.75) is 66.4 Å². The van der Waals surface area contributed by atoms with Gasteiger partial charge in [0.1, 0.15) is 0 Å². The van der Waals surface area contributed by atoms with Crippen molar-refractivity contribution < 1.29 is 23.8 Å². The largest absolute Gasteiger partial charge is 0.466 e. The first-order valence-electron chi connectivity index (χ1n) is 8.17. The SMILES string of the molecule is C.CC.CCOC(=O)C[C@@H]1CCO[C@@H](C2CC2)C1.COC(N)=O. The van der Waals surface area contributed by atoms with E-state index in [1.807, 2.05) is 20.8 Å². The minimum Gasteiger partial charge on any atom is -0.466 e. The summed E-state index contributed by atoms with van der Waals surface area (Å²) in [6.07, 6.45) is 4.97. The van der Waals surface area contributed by atoms with Crippen LogP contribution < -0.4 is 5.73 Å². The maximum Gasteiger partial charge on any atom is 0.404 e. The van der Waals surface area contributed by atoms with Gasteiger partial charge in [-0.15, -0.1) is 0 Å². The smallest absolute Gasteiger partial charge is 0.404 e. The van der Waals surface area contributed by atoms with Crippen LogP contribution in [0.4, 0.5) is 4.79 Å². The number of rotatable bonds is 4. The number of carbonyl (C=O) groups excluding carboxylic acids is 2. The molecule has 6 heteroatoms. The van der Waals surface area contributed by atoms with Crippen LogP contribution in [0.25, 0.3) is 0 Å². The van der Waals surface area contributed by atoms with Crippen LogP contribution in [0.5, 0.6) is 0 Å². The highest BCUT2D eigenvalue weighted by atomic mass is 16.5. The van der Waals surface area contributed by atoms with Crippen LogP contribution >= 0.6 is 0 Å². The topological polar surface area (TPSA) is 87.8 Å². The van der Waals surface area contributed by atoms with Gasteiger partial charge in [0.15, 0.2) is 0 Å². The fourth-order valence-corrected chi connectivity index (χ4v) is 2.34. The Bertz CT molecular complexity index is 318. The maximum atomic E-state index is 11.3. The normalized spacial score (nSPS) is 22.1. The molecule has 1 saturated carbocycles. The standard InChI is InChI=1S/C12H20O3.C2H5NO2.C2H6.CH4/c1-2-14-12(13)8-9-5-6-15-11(7-9)10-3-4-10;1-5-2(3)4;1-2;/h9-11H,2-8H2,1H3;1H3,(H2,3,4);1-2H3;1H4/t9-,11-;;;/m1.../s1. The molecule has 138 valence electrons. The van der Waals surface area contributed by atoms with Gasteiger partial charge in [0, 0.05) is 13.0 Å². The number of esters is 1. The number of carbonyl (C=O) groups is 2. The monoisotopic (exact) mass is 333 g/mol. The summed E-state index contributed by atoms with van der Waals surface area (Å²) in [6.45, 7) is 7.17. The Morgan fingerprint density at radius 2 is 1.78 bits per heavy atom. The second-order valence-corrected chi connectivity index (χ2v) is 5.17. The predicted octanol–water partition coefficient (Wildman–Crippen LogP) is 3.52. The van der Waals surface area contributed by atoms with Gasteiger partial charge in [-0.05, 0) is 44.4 Å². The van der Waals surface area contributed by atoms with Crippen LogP contribution in [0.3, 0.4) is 0 Å². The summed E-state index contributed by atoms with van der Waals surface area (Å²) in [5, 5.41) is 0. The third-order valence-electron chi connectivity index (χ3n) is 3.53. The van der Waals surface area contributed by atoms with Gasteiger partial charge in [0.25, 0.3) is 0 Å². The molecule has 0 aromatic carbocycles. The summed E-state index contributed by atoms with van der Waals surface area (Å²) in [4.78, 5) is 20.7. The molecule has 1 aliphatic carbocycles. The van der Waals surface area contributed by atoms with E-state index in [1.54, 1.807) is 0 Å². The molecule has 2 atom stereocenters. The van der Waals surface area contributed by atoms with E-state index in [4.69, 9.17) is 9.47 Å². The molecule has 0 aromatic heterocycles. The van der Waals surface area contributed by atoms with Crippen molar-refractivity contribution >= 4 is 12.1 Å². The number of hydrogen-bond acceptors (Lipinski definition) is 5. The van der Waals surface area contributed by atoms with Crippen LogP contribution in [0.1, 0.15) is 60.3 Å². The predicted molar refractivity (Wildman–Crippen MR) is 91.1 cm³/mol. The van der Waals surface area contributed by atoms with E-state index in [-0.39, 0.29) is 13.4 Å². The lowest BCUT2D eigenvalue weighted by atomic mass is 9.91. The molecule has 1 amide bonds. The third kappa shape index (κ3) is 11.9. The summed E-state index contributed by atoms with van der Waals surface area (Å²) in [5.41, 5.74) is 4.43. The Labute approximate surface area is 141 Å². The zero-order chi connectivity index (χ0) is 17.0. The summed E-state index contributed by atoms with van der Waals surface area (Å²) < 4.78 is 14.6. The van der Waals surface area contributed by atoms with E-state index in [0.717, 1.165) is 25.4 Å². The molecule has 2 aliphatic rings. The van der Waals surface area contributed by atoms with Gasteiger partial charge >= 0.3 is 12.1 Å². The highest BCUT2D eigenvalue weighted by Gasteiger charge is 2.36. The molecule has 0 unspecified atom stereocenters. The van der Waals surface area contributed by atoms with E-state index in [0.29, 0.717) is 25.0 Å². The Hall–Kier alpha value is -1.30. The van der Waals surface area contributed by atoms with Crippen LogP contribution in [-0.2, 0) is 19.0 Å². The van der Waals surface area contributed by atoms with Crippen LogP contribution in [0, 0.1) is 11.8 Å². The van der Waals surface area contributed by atoms with E-state index in [1.165, 1.54) is 20.0 Å². The van der Waals surface area contributed by atoms with E-state index in [2.05, 4.69) is 10.5 Å². The van der Waals surface area contributed by atoms with Crippen molar-refractivity contribution in [3.63, 3.8) is 0 Å². The number of ether oxygens (including phenoxy) is 3. The summed E-state index contributed by atoms with van der Waals surface area (Å²) in [6, 6.07) is 0. The van der Waals surface area contributed by atoms with Crippen molar-refractivity contribution in [1.29, 1.82) is 0 Å². The minimum absolute atomic E-state index is 0. The maximum absolute atomic E-state index is 11.3. The molecule has 1 heterocycles. The van der Waals surface area contributed by atoms with E-state index < -0.39 is 6.09 Å². The van der Waals surface area contributed by atoms with Crippen molar-refractivity contribution in [3.8, 4) is 0 Å². The van der Waals surface area contributed by atoms with Crippen LogP contribution in [-0.4, -0.2) is 38.5 Å². The van der Waals surface area contributed by atoms with Gasteiger partial charge in [0.2, 0.25) is 0 Å². The lowest BCUT2D eigenvalue weighted by molar-refractivity contribution is -0.145. The molecule has 1 aliphatic heterocycles. The Morgan fingerprint density at radius 1 is 1.22 bits per heavy atom. The van der Waals surface area contributed by atoms with Crippen molar-refractivity contribution in [3.05, 3.63) is 0 Å². The van der Waals surface area contributed by atoms with E-state index >= 15 is 0 Å². The molecular weight excluding hydrogens is 298 g/mol. The quantitative estimate of drug-likeness (QED) is 0.795. The second kappa shape index (κ2) is 14.3. The van der Waals surface area contributed by atoms with E-state index in [9.17, 15) is 9.59 Å². The highest BCUT2D eigenvalue weighted by molar-refractivity contribution is 5.69. The summed E-state index contributed by atoms with van der Waals surface area (Å²) in [7, 11) is 1.22. The zero-order valence-electron chi connectivity index (χ0n) is 14.3. The number of nitrogens with two attached hydrogens (primary N) is 1. The molecular formula is C17H35NO5. The van der Waals surface area contributed by atoms with Gasteiger partial charge in [-0.1, -0.05) is 21.3 Å². The lowest BCUT2D eigenvalue weighted by Crippen LogP contribution is -2.28. The Kier molecular flexibility index (Phi) is 14.9. The number of methoxy groups -OCH3 is 1. The molecule has 2 rings (SSSR count). The third-order valence-corrected chi connectivity index (χ3v) is 3.53. The zero-order valence-corrected chi connectivity index (χ0v) is 14.3. The molecule has 0 radical (unpaired) electrons. The average Bonchev–Trinajstić information content (AvgIpc) is 3.35. The first kappa shape index (κ1) is 24.0. The van der Waals surface area contributed by atoms with Gasteiger partial charge in [0.05, 0.1) is 19.8 Å². The van der Waals surface area contributed by atoms with Crippen molar-refractivity contribution in [2.24, 2.45) is 17.6 Å². The molecule has 2 N–H and O–H groups in total. The first-order chi connectivity index (χ1) is 10.6. The Morgan fingerprint density at radius 3 is 2.22 bits per heavy atom. The molecule has 1 saturated heterocycles. The molecule has 6 nitrogen and oxygen atoms in total. The summed E-state index contributed by atoms with van der Waals surface area (Å²) >= 11 is 0. The molecule has 0 bridgehead atoms. The summed E-state index contributed by atoms with van der Waals surface area (Å²) in [5.74, 6) is 1.23. The number of hydrogen-bond donors (Lipinski definition) is 1. The van der Waals surface area contributed by atoms with Gasteiger partial charge < -0.3 is 19.9 Å². The second-order valence-electron chi connectivity index (χ2n) is 5.17. The van der Waals surface area contributed by atoms with Gasteiger partial charge in [-0.3, -0.25) is 4.79 Å². The average molecular weight is 333 g/mol. The molecule has 0 aromatic rings. The lowest BCUT2D eigenvalue weighted by Gasteiger charge is -2.29.